The van der Waals surface area contributed by atoms with Crippen LogP contribution in [0, 0.1) is 0 Å². The van der Waals surface area contributed by atoms with Gasteiger partial charge in [-0.05, 0) is 63.2 Å². The van der Waals surface area contributed by atoms with Gasteiger partial charge in [-0.15, -0.1) is 5.10 Å². The van der Waals surface area contributed by atoms with Crippen molar-refractivity contribution in [1.82, 2.24) is 14.8 Å². The molecule has 1 amide bonds. The van der Waals surface area contributed by atoms with Gasteiger partial charge in [0.15, 0.2) is 17.3 Å². The zero-order valence-corrected chi connectivity index (χ0v) is 24.8. The zero-order chi connectivity index (χ0) is 29.8. The van der Waals surface area contributed by atoms with Gasteiger partial charge >= 0.3 is 0 Å². The van der Waals surface area contributed by atoms with Gasteiger partial charge in [-0.1, -0.05) is 18.2 Å². The summed E-state index contributed by atoms with van der Waals surface area (Å²) in [5, 5.41) is 11.3. The van der Waals surface area contributed by atoms with E-state index in [1.54, 1.807) is 32.1 Å². The Morgan fingerprint density at radius 3 is 2.19 bits per heavy atom. The average molecular weight is 569 g/mol. The van der Waals surface area contributed by atoms with Gasteiger partial charge in [0.2, 0.25) is 5.95 Å². The number of nitrogens with one attached hydrogen (secondary N) is 2. The second-order valence-electron chi connectivity index (χ2n) is 9.76. The Labute approximate surface area is 245 Å². The molecule has 0 spiro atoms. The van der Waals surface area contributed by atoms with Gasteiger partial charge in [0.25, 0.3) is 5.91 Å². The number of allylic oxidation sites excluding steroid dienone is 1. The number of benzene rings is 3. The van der Waals surface area contributed by atoms with Crippen molar-refractivity contribution in [2.24, 2.45) is 0 Å². The molecule has 0 fully saturated rings. The molecule has 2 N–H and O–H groups in total. The molecule has 10 heteroatoms. The summed E-state index contributed by atoms with van der Waals surface area (Å²) in [4.78, 5) is 21.0. The standard InChI is InChI=1S/C32H36N6O4/c1-7-37(8-2)23-16-14-21(15-17-23)30-35-32-33-20(3)28(31(39)34-22-12-10-9-11-13-22)29(38(32)36-30)24-18-26(41-5)27(42-6)19-25(24)40-4/h9-19,29H,7-8H2,1-6H3,(H,34,39)(H,33,35,36). The van der Waals surface area contributed by atoms with Gasteiger partial charge in [-0.2, -0.15) is 4.98 Å². The lowest BCUT2D eigenvalue weighted by Gasteiger charge is -2.30. The van der Waals surface area contributed by atoms with Crippen LogP contribution in [0.25, 0.3) is 11.4 Å². The number of aromatic nitrogens is 3. The highest BCUT2D eigenvalue weighted by Gasteiger charge is 2.37. The molecule has 0 aliphatic carbocycles. The molecule has 10 nitrogen and oxygen atoms in total. The summed E-state index contributed by atoms with van der Waals surface area (Å²) in [5.41, 5.74) is 4.46. The number of ether oxygens (including phenoxy) is 3. The van der Waals surface area contributed by atoms with Crippen LogP contribution in [-0.2, 0) is 4.79 Å². The summed E-state index contributed by atoms with van der Waals surface area (Å²) in [6.45, 7) is 7.97. The van der Waals surface area contributed by atoms with Crippen LogP contribution in [-0.4, -0.2) is 55.1 Å². The van der Waals surface area contributed by atoms with E-state index < -0.39 is 6.04 Å². The number of para-hydroxylation sites is 1. The van der Waals surface area contributed by atoms with Crippen molar-refractivity contribution in [3.05, 3.63) is 83.6 Å². The molecule has 1 atom stereocenters. The highest BCUT2D eigenvalue weighted by Crippen LogP contribution is 2.44. The zero-order valence-electron chi connectivity index (χ0n) is 24.8. The number of methoxy groups -OCH3 is 3. The van der Waals surface area contributed by atoms with E-state index in [0.29, 0.717) is 51.5 Å². The van der Waals surface area contributed by atoms with Crippen LogP contribution >= 0.6 is 0 Å². The molecular formula is C32H36N6O4. The summed E-state index contributed by atoms with van der Waals surface area (Å²) < 4.78 is 18.7. The highest BCUT2D eigenvalue weighted by molar-refractivity contribution is 6.06. The van der Waals surface area contributed by atoms with E-state index in [1.165, 1.54) is 0 Å². The molecule has 218 valence electrons. The Bertz CT molecular complexity index is 1590. The van der Waals surface area contributed by atoms with Crippen LogP contribution in [0.1, 0.15) is 32.4 Å². The van der Waals surface area contributed by atoms with Gasteiger partial charge in [-0.3, -0.25) is 4.79 Å². The Hall–Kier alpha value is -4.99. The number of carbonyl (C=O) groups is 1. The molecule has 4 aromatic rings. The molecule has 5 rings (SSSR count). The molecule has 1 unspecified atom stereocenters. The van der Waals surface area contributed by atoms with Gasteiger partial charge in [0.1, 0.15) is 11.8 Å². The molecule has 1 aromatic heterocycles. The summed E-state index contributed by atoms with van der Waals surface area (Å²) in [6.07, 6.45) is 0. The minimum Gasteiger partial charge on any atom is -0.496 e. The number of nitrogens with zero attached hydrogens (tertiary/aromatic N) is 4. The van der Waals surface area contributed by atoms with E-state index >= 15 is 0 Å². The normalized spacial score (nSPS) is 14.1. The van der Waals surface area contributed by atoms with Gasteiger partial charge < -0.3 is 29.7 Å². The minimum atomic E-state index is -0.684. The fourth-order valence-corrected chi connectivity index (χ4v) is 5.25. The third-order valence-electron chi connectivity index (χ3n) is 7.41. The number of fused-ring (bicyclic) bond motifs is 1. The van der Waals surface area contributed by atoms with E-state index in [1.807, 2.05) is 55.5 Å². The Morgan fingerprint density at radius 2 is 1.57 bits per heavy atom. The van der Waals surface area contributed by atoms with Crippen molar-refractivity contribution in [2.75, 3.05) is 50.0 Å². The lowest BCUT2D eigenvalue weighted by molar-refractivity contribution is -0.113. The number of hydrogen-bond acceptors (Lipinski definition) is 8. The molecule has 0 radical (unpaired) electrons. The van der Waals surface area contributed by atoms with Crippen LogP contribution in [0.5, 0.6) is 17.2 Å². The quantitative estimate of drug-likeness (QED) is 0.250. The third kappa shape index (κ3) is 5.35. The number of rotatable bonds is 10. The van der Waals surface area contributed by atoms with Crippen molar-refractivity contribution in [1.29, 1.82) is 0 Å². The smallest absolute Gasteiger partial charge is 0.255 e. The van der Waals surface area contributed by atoms with E-state index in [-0.39, 0.29) is 5.91 Å². The summed E-state index contributed by atoms with van der Waals surface area (Å²) in [7, 11) is 4.72. The van der Waals surface area contributed by atoms with Crippen molar-refractivity contribution in [2.45, 2.75) is 26.8 Å². The van der Waals surface area contributed by atoms with Crippen molar-refractivity contribution >= 4 is 23.2 Å². The fraction of sp³-hybridized carbons (Fsp3) is 0.281. The molecule has 1 aliphatic heterocycles. The van der Waals surface area contributed by atoms with Crippen LogP contribution in [0.2, 0.25) is 0 Å². The summed E-state index contributed by atoms with van der Waals surface area (Å²) in [5.74, 6) is 2.29. The summed E-state index contributed by atoms with van der Waals surface area (Å²) in [6, 6.07) is 20.4. The predicted molar refractivity (Wildman–Crippen MR) is 165 cm³/mol. The third-order valence-corrected chi connectivity index (χ3v) is 7.41. The van der Waals surface area contributed by atoms with E-state index in [2.05, 4.69) is 41.5 Å². The Balaban J connectivity index is 1.64. The fourth-order valence-electron chi connectivity index (χ4n) is 5.25. The van der Waals surface area contributed by atoms with E-state index in [4.69, 9.17) is 24.3 Å². The molecule has 0 saturated carbocycles. The molecule has 0 saturated heterocycles. The number of carbonyl (C=O) groups excluding carboxylic acids is 1. The van der Waals surface area contributed by atoms with Gasteiger partial charge in [-0.25, -0.2) is 4.68 Å². The lowest BCUT2D eigenvalue weighted by atomic mass is 9.93. The summed E-state index contributed by atoms with van der Waals surface area (Å²) >= 11 is 0. The molecular weight excluding hydrogens is 532 g/mol. The number of anilines is 3. The Morgan fingerprint density at radius 1 is 0.929 bits per heavy atom. The van der Waals surface area contributed by atoms with Crippen LogP contribution in [0.3, 0.4) is 0 Å². The topological polar surface area (TPSA) is 103 Å². The van der Waals surface area contributed by atoms with E-state index in [9.17, 15) is 4.79 Å². The van der Waals surface area contributed by atoms with Gasteiger partial charge in [0.05, 0.1) is 26.9 Å². The number of hydrogen-bond donors (Lipinski definition) is 2. The lowest BCUT2D eigenvalue weighted by Crippen LogP contribution is -2.31. The largest absolute Gasteiger partial charge is 0.496 e. The maximum absolute atomic E-state index is 13.9. The molecule has 3 aromatic carbocycles. The first-order chi connectivity index (χ1) is 20.4. The van der Waals surface area contributed by atoms with Crippen LogP contribution < -0.4 is 29.7 Å². The average Bonchev–Trinajstić information content (AvgIpc) is 3.44. The molecule has 0 bridgehead atoms. The maximum atomic E-state index is 13.9. The van der Waals surface area contributed by atoms with Crippen LogP contribution in [0.4, 0.5) is 17.3 Å². The van der Waals surface area contributed by atoms with Gasteiger partial charge in [0, 0.05) is 47.4 Å². The molecule has 2 heterocycles. The molecule has 1 aliphatic rings. The predicted octanol–water partition coefficient (Wildman–Crippen LogP) is 5.74. The van der Waals surface area contributed by atoms with Crippen LogP contribution in [0.15, 0.2) is 78.0 Å². The Kier molecular flexibility index (Phi) is 8.33. The second-order valence-corrected chi connectivity index (χ2v) is 9.76. The first-order valence-electron chi connectivity index (χ1n) is 13.9. The van der Waals surface area contributed by atoms with Crippen molar-refractivity contribution in [3.63, 3.8) is 0 Å². The molecule has 42 heavy (non-hydrogen) atoms. The SMILES string of the molecule is CCN(CC)c1ccc(-c2nc3n(n2)C(c2cc(OC)c(OC)cc2OC)C(C(=O)Nc2ccccc2)=C(C)N3)cc1. The highest BCUT2D eigenvalue weighted by atomic mass is 16.5. The first-order valence-corrected chi connectivity index (χ1v) is 13.9. The van der Waals surface area contributed by atoms with Crippen molar-refractivity contribution < 1.29 is 19.0 Å². The second kappa shape index (κ2) is 12.3. The maximum Gasteiger partial charge on any atom is 0.255 e. The first kappa shape index (κ1) is 28.5. The minimum absolute atomic E-state index is 0.278. The monoisotopic (exact) mass is 568 g/mol. The van der Waals surface area contributed by atoms with E-state index in [0.717, 1.165) is 24.3 Å². The number of amides is 1. The van der Waals surface area contributed by atoms with Crippen molar-refractivity contribution in [3.8, 4) is 28.6 Å².